The fourth-order valence-electron chi connectivity index (χ4n) is 7.61. The first kappa shape index (κ1) is 47.2. The van der Waals surface area contributed by atoms with Crippen molar-refractivity contribution in [2.75, 3.05) is 30.4 Å². The van der Waals surface area contributed by atoms with E-state index in [0.29, 0.717) is 0 Å². The fraction of sp³-hybridized carbons (Fsp3) is 0.500. The highest BCUT2D eigenvalue weighted by molar-refractivity contribution is 7.52. The van der Waals surface area contributed by atoms with E-state index in [-0.39, 0.29) is 50.9 Å². The molecule has 0 spiro atoms. The summed E-state index contributed by atoms with van der Waals surface area (Å²) in [6, 6.07) is 0. The van der Waals surface area contributed by atoms with Gasteiger partial charge in [-0.25, -0.2) is 54.0 Å². The predicted octanol–water partition coefficient (Wildman–Crippen LogP) is -4.11. The third-order valence-corrected chi connectivity index (χ3v) is 13.8. The van der Waals surface area contributed by atoms with Crippen molar-refractivity contribution in [2.24, 2.45) is 0 Å². The number of anilines is 3. The number of phosphoric acid groups is 2. The molecule has 3 fully saturated rings. The van der Waals surface area contributed by atoms with Crippen molar-refractivity contribution in [1.82, 2.24) is 58.6 Å². The van der Waals surface area contributed by atoms with Crippen molar-refractivity contribution in [3.63, 3.8) is 0 Å². The molecule has 6 aromatic rings. The van der Waals surface area contributed by atoms with Crippen molar-refractivity contribution in [2.45, 2.75) is 79.5 Å². The van der Waals surface area contributed by atoms with E-state index in [1.54, 1.807) is 0 Å². The molecule has 15 atom stereocenters. The molecule has 0 saturated carbocycles. The fourth-order valence-corrected chi connectivity index (χ4v) is 10.1. The maximum Gasteiger partial charge on any atom is 0.472 e. The molecule has 9 heterocycles. The summed E-state index contributed by atoms with van der Waals surface area (Å²) in [4.78, 5) is 77.3. The Balaban J connectivity index is 0.927. The van der Waals surface area contributed by atoms with Crippen LogP contribution in [-0.4, -0.2) is 178 Å². The molecule has 0 aromatic carbocycles. The summed E-state index contributed by atoms with van der Waals surface area (Å²) in [6.45, 7) is -1.98. The molecule has 0 radical (unpaired) electrons. The number of phosphoric ester groups is 2. The highest BCUT2D eigenvalue weighted by atomic mass is 31.2. The molecule has 37 heteroatoms. The van der Waals surface area contributed by atoms with Crippen LogP contribution in [0.2, 0.25) is 0 Å². The van der Waals surface area contributed by atoms with E-state index in [1.165, 1.54) is 10.9 Å². The monoisotopic (exact) mass is 1010 g/mol. The van der Waals surface area contributed by atoms with E-state index < -0.39 is 116 Å². The maximum absolute atomic E-state index is 13.6. The van der Waals surface area contributed by atoms with E-state index in [1.807, 2.05) is 0 Å². The van der Waals surface area contributed by atoms with Gasteiger partial charge >= 0.3 is 23.2 Å². The number of hydrogen-bond acceptors (Lipinski definition) is 27. The van der Waals surface area contributed by atoms with Gasteiger partial charge in [0.1, 0.15) is 90.5 Å². The number of aromatic nitrogens is 12. The van der Waals surface area contributed by atoms with Gasteiger partial charge in [0.15, 0.2) is 58.9 Å². The summed E-state index contributed by atoms with van der Waals surface area (Å²) in [5.41, 5.74) is 17.8. The van der Waals surface area contributed by atoms with Crippen molar-refractivity contribution < 1.29 is 91.1 Å². The minimum Gasteiger partial charge on any atom is -0.387 e. The zero-order valence-electron chi connectivity index (χ0n) is 33.4. The second-order valence-electron chi connectivity index (χ2n) is 15.0. The average molecular weight is 1010 g/mol. The molecular formula is C30H38N15O19P3. The molecule has 67 heavy (non-hydrogen) atoms. The Morgan fingerprint density at radius 2 is 0.940 bits per heavy atom. The van der Waals surface area contributed by atoms with Crippen LogP contribution in [-0.2, 0) is 46.0 Å². The quantitative estimate of drug-likeness (QED) is 0.0435. The molecule has 0 bridgehead atoms. The number of hydrogen-bond donors (Lipinski definition) is 12. The molecule has 2 unspecified atom stereocenters. The molecule has 15 N–H and O–H groups in total. The van der Waals surface area contributed by atoms with Crippen LogP contribution < -0.4 is 17.2 Å². The summed E-state index contributed by atoms with van der Waals surface area (Å²) >= 11 is 0. The number of ether oxygens (including phenoxy) is 3. The molecular weight excluding hydrogens is 967 g/mol. The lowest BCUT2D eigenvalue weighted by molar-refractivity contribution is -0.0690. The highest BCUT2D eigenvalue weighted by Crippen LogP contribution is 2.54. The zero-order chi connectivity index (χ0) is 47.9. The van der Waals surface area contributed by atoms with Crippen LogP contribution in [0.1, 0.15) is 18.7 Å². The Hall–Kier alpha value is -4.90. The lowest BCUT2D eigenvalue weighted by Crippen LogP contribution is -2.39. The van der Waals surface area contributed by atoms with Crippen LogP contribution in [0.5, 0.6) is 0 Å². The van der Waals surface area contributed by atoms with Crippen molar-refractivity contribution in [3.05, 3.63) is 38.0 Å². The Bertz CT molecular complexity index is 2960. The van der Waals surface area contributed by atoms with Crippen LogP contribution in [0.4, 0.5) is 17.5 Å². The van der Waals surface area contributed by atoms with Crippen LogP contribution in [0.25, 0.3) is 33.5 Å². The number of aliphatic hydroxyl groups is 5. The molecule has 3 saturated heterocycles. The van der Waals surface area contributed by atoms with Gasteiger partial charge in [-0.15, -0.1) is 0 Å². The second-order valence-corrected chi connectivity index (χ2v) is 19.5. The largest absolute Gasteiger partial charge is 0.472 e. The van der Waals surface area contributed by atoms with Gasteiger partial charge in [-0.3, -0.25) is 36.4 Å². The summed E-state index contributed by atoms with van der Waals surface area (Å²) in [5.74, 6) is -2.88. The standard InChI is InChI=1S/C30H38N15O19P3/c31-21-11-24(37-3-34-21)43(6-40-11)27-16(48)14(46)9(60-27)1-58-66(54,55)63-18-15(47)10(61-28(18)44-7-41-12-22(32)35-4-38-25(12)44)2-59-67(56,57)64-19-17(49)20(30(50)65(51,52)53)62-29(19)45-8-42-13-23(33)36-5-39-26(13)45/h3-10,14-20,27-30,46-50H,1-2H2,(H,54,55)(H,56,57)(H2,31,34,37)(H2,32,35,38)(H2,33,36,39)(H2,51,52,53)/t9-,10-,14-,15-,16-,17+,18-,19-,20+,27-,28-,29-,30+/m1/s1. The molecule has 0 amide bonds. The number of nitrogens with zero attached hydrogens (tertiary/aromatic N) is 12. The second kappa shape index (κ2) is 17.6. The van der Waals surface area contributed by atoms with Crippen LogP contribution in [0.15, 0.2) is 38.0 Å². The Kier molecular flexibility index (Phi) is 12.4. The van der Waals surface area contributed by atoms with Gasteiger partial charge in [0.25, 0.3) is 0 Å². The normalized spacial score (nSPS) is 31.5. The predicted molar refractivity (Wildman–Crippen MR) is 214 cm³/mol. The molecule has 3 aliphatic heterocycles. The first-order chi connectivity index (χ1) is 31.6. The lowest BCUT2D eigenvalue weighted by Gasteiger charge is -2.25. The molecule has 6 aromatic heterocycles. The number of nitrogens with two attached hydrogens (primary N) is 3. The van der Waals surface area contributed by atoms with Gasteiger partial charge in [0.2, 0.25) is 0 Å². The molecule has 3 aliphatic rings. The lowest BCUT2D eigenvalue weighted by atomic mass is 10.1. The van der Waals surface area contributed by atoms with Gasteiger partial charge in [-0.05, 0) is 0 Å². The third kappa shape index (κ3) is 8.76. The summed E-state index contributed by atoms with van der Waals surface area (Å²) in [5, 5.41) is 54.8. The van der Waals surface area contributed by atoms with Gasteiger partial charge in [-0.1, -0.05) is 0 Å². The van der Waals surface area contributed by atoms with E-state index in [4.69, 9.17) is 49.5 Å². The van der Waals surface area contributed by atoms with Crippen molar-refractivity contribution in [3.8, 4) is 0 Å². The molecule has 9 rings (SSSR count). The molecule has 0 aliphatic carbocycles. The zero-order valence-corrected chi connectivity index (χ0v) is 36.1. The van der Waals surface area contributed by atoms with Gasteiger partial charge < -0.3 is 76.5 Å². The number of aliphatic hydroxyl groups excluding tert-OH is 5. The Labute approximate surface area is 371 Å². The summed E-state index contributed by atoms with van der Waals surface area (Å²) < 4.78 is 80.9. The van der Waals surface area contributed by atoms with Crippen LogP contribution >= 0.6 is 23.2 Å². The van der Waals surface area contributed by atoms with E-state index >= 15 is 0 Å². The first-order valence-electron chi connectivity index (χ1n) is 19.2. The average Bonchev–Trinajstić information content (AvgIpc) is 4.13. The summed E-state index contributed by atoms with van der Waals surface area (Å²) in [7, 11) is -16.3. The molecule has 362 valence electrons. The first-order valence-corrected chi connectivity index (χ1v) is 23.8. The van der Waals surface area contributed by atoms with E-state index in [0.717, 1.165) is 40.8 Å². The van der Waals surface area contributed by atoms with Crippen LogP contribution in [0.3, 0.4) is 0 Å². The van der Waals surface area contributed by atoms with E-state index in [9.17, 15) is 58.8 Å². The van der Waals surface area contributed by atoms with Gasteiger partial charge in [-0.2, -0.15) is 0 Å². The smallest absolute Gasteiger partial charge is 0.387 e. The Morgan fingerprint density at radius 1 is 0.552 bits per heavy atom. The van der Waals surface area contributed by atoms with Crippen molar-refractivity contribution in [1.29, 1.82) is 0 Å². The minimum atomic E-state index is -5.53. The SMILES string of the molecule is Nc1ncnc2c1ncn2[C@@H]1O[C@H](COP(=O)(O)O[C@@H]2[C@H](O)[C@@H](COP(=O)(O)O[C@@H]3[C@H](O)[C@@H]([C@@H](O)P(=O)(O)O)O[C@H]3n3cnc4c(N)ncnc43)O[C@H]2n2cnc3c(N)ncnc32)[C@@H](O)[C@H]1O. The third-order valence-electron chi connectivity index (χ3n) is 10.8. The molecule has 34 nitrogen and oxygen atoms in total. The Morgan fingerprint density at radius 3 is 1.39 bits per heavy atom. The minimum absolute atomic E-state index is 0.0170. The topological polar surface area (TPSA) is 507 Å². The number of rotatable bonds is 15. The van der Waals surface area contributed by atoms with Gasteiger partial charge in [0.05, 0.1) is 32.2 Å². The number of fused-ring (bicyclic) bond motifs is 3. The summed E-state index contributed by atoms with van der Waals surface area (Å²) in [6.07, 6.45) is -15.3. The van der Waals surface area contributed by atoms with Crippen molar-refractivity contribution >= 4 is 74.2 Å². The van der Waals surface area contributed by atoms with Crippen LogP contribution in [0, 0.1) is 0 Å². The van der Waals surface area contributed by atoms with Gasteiger partial charge in [0, 0.05) is 0 Å². The number of nitrogen functional groups attached to an aromatic ring is 3. The van der Waals surface area contributed by atoms with E-state index in [2.05, 4.69) is 44.9 Å². The number of imidazole rings is 3. The maximum atomic E-state index is 13.6. The highest BCUT2D eigenvalue weighted by Gasteiger charge is 2.56.